The number of benzene rings is 9. The predicted molar refractivity (Wildman–Crippen MR) is 236 cm³/mol. The molecule has 0 aromatic heterocycles. The molecule has 0 spiro atoms. The lowest BCUT2D eigenvalue weighted by Gasteiger charge is -2.13. The first-order chi connectivity index (χ1) is 27.2. The minimum atomic E-state index is 1.08. The SMILES string of the molecule is Cc1ccc(-c2ccccc2Nc2ccc(-c3cccc4ccccc34)cc2)cc1.c1ccc(-c2ccccc2)cc1.c1ccc2c(c1)Cc1ccccc1-2. The van der Waals surface area contributed by atoms with E-state index in [0.29, 0.717) is 0 Å². The van der Waals surface area contributed by atoms with E-state index in [1.54, 1.807) is 0 Å². The van der Waals surface area contributed by atoms with Crippen molar-refractivity contribution in [3.05, 3.63) is 241 Å². The van der Waals surface area contributed by atoms with Gasteiger partial charge in [0.2, 0.25) is 0 Å². The van der Waals surface area contributed by atoms with Gasteiger partial charge in [0.1, 0.15) is 0 Å². The Morgan fingerprint density at radius 3 is 1.42 bits per heavy atom. The van der Waals surface area contributed by atoms with Crippen molar-refractivity contribution in [3.8, 4) is 44.5 Å². The van der Waals surface area contributed by atoms with Gasteiger partial charge in [0.25, 0.3) is 0 Å². The molecule has 55 heavy (non-hydrogen) atoms. The second kappa shape index (κ2) is 16.8. The van der Waals surface area contributed by atoms with Crippen LogP contribution in [-0.4, -0.2) is 0 Å². The van der Waals surface area contributed by atoms with Crippen molar-refractivity contribution in [1.82, 2.24) is 0 Å². The summed E-state index contributed by atoms with van der Waals surface area (Å²) in [6.45, 7) is 2.12. The molecule has 264 valence electrons. The molecule has 9 aromatic rings. The monoisotopic (exact) mass is 705 g/mol. The summed E-state index contributed by atoms with van der Waals surface area (Å²) >= 11 is 0. The van der Waals surface area contributed by atoms with E-state index < -0.39 is 0 Å². The molecule has 1 aliphatic carbocycles. The van der Waals surface area contributed by atoms with Gasteiger partial charge in [-0.25, -0.2) is 0 Å². The van der Waals surface area contributed by atoms with Crippen LogP contribution in [-0.2, 0) is 6.42 Å². The van der Waals surface area contributed by atoms with E-state index >= 15 is 0 Å². The molecule has 1 N–H and O–H groups in total. The predicted octanol–water partition coefficient (Wildman–Crippen LogP) is 14.8. The second-order valence-corrected chi connectivity index (χ2v) is 13.9. The third-order valence-corrected chi connectivity index (χ3v) is 10.1. The van der Waals surface area contributed by atoms with Gasteiger partial charge in [-0.2, -0.15) is 0 Å². The number of anilines is 2. The van der Waals surface area contributed by atoms with E-state index in [4.69, 9.17) is 0 Å². The summed E-state index contributed by atoms with van der Waals surface area (Å²) in [4.78, 5) is 0. The van der Waals surface area contributed by atoms with Crippen LogP contribution in [0.2, 0.25) is 0 Å². The van der Waals surface area contributed by atoms with Crippen LogP contribution in [0.5, 0.6) is 0 Å². The van der Waals surface area contributed by atoms with Crippen LogP contribution >= 0.6 is 0 Å². The lowest BCUT2D eigenvalue weighted by atomic mass is 9.98. The Hall–Kier alpha value is -6.96. The van der Waals surface area contributed by atoms with Gasteiger partial charge in [-0.1, -0.05) is 212 Å². The Kier molecular flexibility index (Phi) is 10.7. The van der Waals surface area contributed by atoms with Gasteiger partial charge in [0.15, 0.2) is 0 Å². The Morgan fingerprint density at radius 2 is 0.782 bits per heavy atom. The summed E-state index contributed by atoms with van der Waals surface area (Å²) < 4.78 is 0. The lowest BCUT2D eigenvalue weighted by molar-refractivity contribution is 1.26. The van der Waals surface area contributed by atoms with Crippen LogP contribution in [0.4, 0.5) is 11.4 Å². The number of rotatable bonds is 5. The van der Waals surface area contributed by atoms with Crippen molar-refractivity contribution in [2.24, 2.45) is 0 Å². The first-order valence-electron chi connectivity index (χ1n) is 19.0. The molecule has 10 rings (SSSR count). The van der Waals surface area contributed by atoms with Crippen LogP contribution in [0, 0.1) is 6.92 Å². The number of nitrogens with one attached hydrogen (secondary N) is 1. The standard InChI is InChI=1S/C29H23N.C13H10.C12H10/c1-21-13-15-24(16-14-21)28-10-4-5-12-29(28)30-25-19-17-23(18-20-25)27-11-6-8-22-7-2-3-9-26(22)27;1-3-7-12-10(5-1)9-11-6-2-4-8-13(11)12;1-3-7-11(8-4-1)12-9-5-2-6-10-12/h2-20,30H,1H3;1-8H,9H2;1-10H. The molecule has 0 aliphatic heterocycles. The van der Waals surface area contributed by atoms with E-state index in [2.05, 4.69) is 225 Å². The lowest BCUT2D eigenvalue weighted by Crippen LogP contribution is -1.93. The van der Waals surface area contributed by atoms with Crippen molar-refractivity contribution in [1.29, 1.82) is 0 Å². The molecule has 9 aromatic carbocycles. The number of fused-ring (bicyclic) bond motifs is 4. The topological polar surface area (TPSA) is 12.0 Å². The fraction of sp³-hybridized carbons (Fsp3) is 0.0370. The normalized spacial score (nSPS) is 10.9. The minimum absolute atomic E-state index is 1.08. The van der Waals surface area contributed by atoms with Crippen molar-refractivity contribution in [3.63, 3.8) is 0 Å². The minimum Gasteiger partial charge on any atom is -0.355 e. The van der Waals surface area contributed by atoms with E-state index in [0.717, 1.165) is 17.8 Å². The van der Waals surface area contributed by atoms with Crippen LogP contribution in [0.25, 0.3) is 55.3 Å². The highest BCUT2D eigenvalue weighted by molar-refractivity contribution is 5.97. The molecule has 1 heteroatoms. The first-order valence-corrected chi connectivity index (χ1v) is 19.0. The van der Waals surface area contributed by atoms with Crippen molar-refractivity contribution in [2.75, 3.05) is 5.32 Å². The molecule has 0 heterocycles. The van der Waals surface area contributed by atoms with Crippen LogP contribution < -0.4 is 5.32 Å². The van der Waals surface area contributed by atoms with Gasteiger partial charge < -0.3 is 5.32 Å². The molecule has 1 nitrogen and oxygen atoms in total. The van der Waals surface area contributed by atoms with Gasteiger partial charge >= 0.3 is 0 Å². The highest BCUT2D eigenvalue weighted by Gasteiger charge is 2.16. The van der Waals surface area contributed by atoms with Gasteiger partial charge in [-0.15, -0.1) is 0 Å². The van der Waals surface area contributed by atoms with Gasteiger partial charge in [-0.05, 0) is 92.4 Å². The summed E-state index contributed by atoms with van der Waals surface area (Å²) in [5, 5.41) is 6.15. The zero-order chi connectivity index (χ0) is 37.2. The van der Waals surface area contributed by atoms with Crippen molar-refractivity contribution >= 4 is 22.1 Å². The highest BCUT2D eigenvalue weighted by Crippen LogP contribution is 2.36. The summed E-state index contributed by atoms with van der Waals surface area (Å²) in [5.74, 6) is 0. The number of aryl methyl sites for hydroxylation is 1. The van der Waals surface area contributed by atoms with E-state index in [9.17, 15) is 0 Å². The first kappa shape index (κ1) is 35.1. The molecular weight excluding hydrogens is 663 g/mol. The Labute approximate surface area is 325 Å². The van der Waals surface area contributed by atoms with Crippen LogP contribution in [0.15, 0.2) is 224 Å². The Morgan fingerprint density at radius 1 is 0.327 bits per heavy atom. The van der Waals surface area contributed by atoms with E-state index in [1.807, 2.05) is 12.1 Å². The third kappa shape index (κ3) is 8.33. The molecule has 0 atom stereocenters. The van der Waals surface area contributed by atoms with E-state index in [1.165, 1.54) is 72.0 Å². The quantitative estimate of drug-likeness (QED) is 0.188. The maximum absolute atomic E-state index is 3.60. The van der Waals surface area contributed by atoms with Crippen molar-refractivity contribution < 1.29 is 0 Å². The third-order valence-electron chi connectivity index (χ3n) is 10.1. The second-order valence-electron chi connectivity index (χ2n) is 13.9. The zero-order valence-corrected chi connectivity index (χ0v) is 31.1. The summed E-state index contributed by atoms with van der Waals surface area (Å²) in [6.07, 6.45) is 1.10. The number of hydrogen-bond acceptors (Lipinski definition) is 1. The average molecular weight is 706 g/mol. The molecule has 0 radical (unpaired) electrons. The van der Waals surface area contributed by atoms with Crippen LogP contribution in [0.1, 0.15) is 16.7 Å². The van der Waals surface area contributed by atoms with Gasteiger partial charge in [0, 0.05) is 16.9 Å². The number of para-hydroxylation sites is 1. The maximum Gasteiger partial charge on any atom is 0.0463 e. The van der Waals surface area contributed by atoms with Crippen LogP contribution in [0.3, 0.4) is 0 Å². The average Bonchev–Trinajstić information content (AvgIpc) is 3.64. The molecule has 0 fully saturated rings. The van der Waals surface area contributed by atoms with E-state index in [-0.39, 0.29) is 0 Å². The highest BCUT2D eigenvalue weighted by atomic mass is 14.9. The smallest absolute Gasteiger partial charge is 0.0463 e. The molecular formula is C54H43N. The molecule has 0 amide bonds. The Bertz CT molecular complexity index is 2540. The fourth-order valence-corrected chi connectivity index (χ4v) is 7.28. The summed E-state index contributed by atoms with van der Waals surface area (Å²) in [5.41, 5.74) is 16.7. The molecule has 0 bridgehead atoms. The van der Waals surface area contributed by atoms with Gasteiger partial charge in [-0.3, -0.25) is 0 Å². The fourth-order valence-electron chi connectivity index (χ4n) is 7.28. The molecule has 0 saturated carbocycles. The number of hydrogen-bond donors (Lipinski definition) is 1. The molecule has 0 saturated heterocycles. The van der Waals surface area contributed by atoms with Crippen molar-refractivity contribution in [2.45, 2.75) is 13.3 Å². The molecule has 1 aliphatic rings. The molecule has 0 unspecified atom stereocenters. The summed E-state index contributed by atoms with van der Waals surface area (Å²) in [7, 11) is 0. The largest absolute Gasteiger partial charge is 0.355 e. The van der Waals surface area contributed by atoms with Gasteiger partial charge in [0.05, 0.1) is 0 Å². The zero-order valence-electron chi connectivity index (χ0n) is 31.1. The Balaban J connectivity index is 0.000000139. The maximum atomic E-state index is 3.60. The summed E-state index contributed by atoms with van der Waals surface area (Å²) in [6, 6.07) is 78.9.